The highest BCUT2D eigenvalue weighted by Crippen LogP contribution is 2.10. The summed E-state index contributed by atoms with van der Waals surface area (Å²) in [5.74, 6) is 6.18. The zero-order valence-electron chi connectivity index (χ0n) is 11.2. The fourth-order valence-electron chi connectivity index (χ4n) is 1.49. The van der Waals surface area contributed by atoms with Crippen LogP contribution in [0.15, 0.2) is 53.3 Å². The minimum atomic E-state index is -0.148. The van der Waals surface area contributed by atoms with Gasteiger partial charge >= 0.3 is 0 Å². The minimum absolute atomic E-state index is 0.148. The van der Waals surface area contributed by atoms with E-state index in [9.17, 15) is 4.79 Å². The van der Waals surface area contributed by atoms with Crippen molar-refractivity contribution in [2.75, 3.05) is 13.2 Å². The van der Waals surface area contributed by atoms with E-state index in [2.05, 4.69) is 38.1 Å². The number of carbonyl (C=O) groups is 1. The van der Waals surface area contributed by atoms with E-state index in [-0.39, 0.29) is 19.1 Å². The van der Waals surface area contributed by atoms with Gasteiger partial charge in [-0.3, -0.25) is 9.78 Å². The van der Waals surface area contributed by atoms with Gasteiger partial charge in [-0.15, -0.1) is 0 Å². The normalized spacial score (nSPS) is 9.38. The number of nitrogens with one attached hydrogen (secondary N) is 1. The van der Waals surface area contributed by atoms with Crippen LogP contribution in [0.5, 0.6) is 5.75 Å². The van der Waals surface area contributed by atoms with Crippen LogP contribution in [0.3, 0.4) is 0 Å². The van der Waals surface area contributed by atoms with Gasteiger partial charge in [-0.2, -0.15) is 0 Å². The maximum atomic E-state index is 11.8. The predicted molar refractivity (Wildman–Crippen MR) is 84.0 cm³/mol. The molecule has 2 rings (SSSR count). The second kappa shape index (κ2) is 8.08. The van der Waals surface area contributed by atoms with Crippen LogP contribution in [0.4, 0.5) is 0 Å². The second-order valence-electron chi connectivity index (χ2n) is 4.02. The lowest BCUT2D eigenvalue weighted by Crippen LogP contribution is -2.23. The van der Waals surface area contributed by atoms with E-state index >= 15 is 0 Å². The molecule has 106 valence electrons. The summed E-state index contributed by atoms with van der Waals surface area (Å²) in [6.07, 6.45) is 3.30. The van der Waals surface area contributed by atoms with E-state index in [0.717, 1.165) is 4.47 Å². The van der Waals surface area contributed by atoms with E-state index in [4.69, 9.17) is 4.74 Å². The molecule has 4 nitrogen and oxygen atoms in total. The maximum Gasteiger partial charge on any atom is 0.252 e. The van der Waals surface area contributed by atoms with E-state index in [1.54, 1.807) is 30.6 Å². The molecule has 0 atom stereocenters. The van der Waals surface area contributed by atoms with Crippen molar-refractivity contribution in [3.8, 4) is 17.6 Å². The number of amides is 1. The lowest BCUT2D eigenvalue weighted by Gasteiger charge is -2.01. The summed E-state index contributed by atoms with van der Waals surface area (Å²) in [5.41, 5.74) is 0.603. The fourth-order valence-corrected chi connectivity index (χ4v) is 1.76. The van der Waals surface area contributed by atoms with Gasteiger partial charge in [0.05, 0.1) is 12.7 Å². The Bertz CT molecular complexity index is 645. The van der Waals surface area contributed by atoms with Crippen LogP contribution in [0.1, 0.15) is 10.4 Å². The number of benzene rings is 1. The van der Waals surface area contributed by atoms with E-state index in [1.165, 1.54) is 0 Å². The standard InChI is InChI=1S/C16H13BrN2O2/c17-14-7-5-13(6-8-14)16(20)19-10-1-2-11-21-15-4-3-9-18-12-15/h3-9,12H,10-11H2,(H,19,20). The number of hydrogen-bond acceptors (Lipinski definition) is 3. The largest absolute Gasteiger partial charge is 0.479 e. The van der Waals surface area contributed by atoms with Crippen LogP contribution in [0, 0.1) is 11.8 Å². The van der Waals surface area contributed by atoms with Gasteiger partial charge in [0.2, 0.25) is 0 Å². The van der Waals surface area contributed by atoms with Crippen molar-refractivity contribution >= 4 is 21.8 Å². The van der Waals surface area contributed by atoms with Crippen molar-refractivity contribution in [1.82, 2.24) is 10.3 Å². The van der Waals surface area contributed by atoms with Crippen LogP contribution in [-0.2, 0) is 0 Å². The summed E-state index contributed by atoms with van der Waals surface area (Å²) in [6, 6.07) is 10.7. The monoisotopic (exact) mass is 344 g/mol. The molecular formula is C16H13BrN2O2. The lowest BCUT2D eigenvalue weighted by atomic mass is 10.2. The molecule has 0 spiro atoms. The third kappa shape index (κ3) is 5.28. The third-order valence-electron chi connectivity index (χ3n) is 2.51. The summed E-state index contributed by atoms with van der Waals surface area (Å²) in [6.45, 7) is 0.547. The number of aromatic nitrogens is 1. The van der Waals surface area contributed by atoms with Gasteiger partial charge in [0.25, 0.3) is 5.91 Å². The average Bonchev–Trinajstić information content (AvgIpc) is 2.52. The molecule has 1 N–H and O–H groups in total. The first kappa shape index (κ1) is 15.1. The van der Waals surface area contributed by atoms with E-state index in [0.29, 0.717) is 11.3 Å². The Kier molecular flexibility index (Phi) is 5.80. The number of halogens is 1. The highest BCUT2D eigenvalue weighted by molar-refractivity contribution is 9.10. The minimum Gasteiger partial charge on any atom is -0.479 e. The third-order valence-corrected chi connectivity index (χ3v) is 3.04. The van der Waals surface area contributed by atoms with Gasteiger partial charge in [-0.05, 0) is 36.4 Å². The molecule has 21 heavy (non-hydrogen) atoms. The molecule has 0 saturated heterocycles. The number of pyridine rings is 1. The number of ether oxygens (including phenoxy) is 1. The van der Waals surface area contributed by atoms with Crippen molar-refractivity contribution in [2.45, 2.75) is 0 Å². The highest BCUT2D eigenvalue weighted by Gasteiger charge is 2.02. The molecule has 0 aliphatic heterocycles. The highest BCUT2D eigenvalue weighted by atomic mass is 79.9. The topological polar surface area (TPSA) is 51.2 Å². The number of carbonyl (C=O) groups excluding carboxylic acids is 1. The van der Waals surface area contributed by atoms with Gasteiger partial charge < -0.3 is 10.1 Å². The molecule has 1 heterocycles. The van der Waals surface area contributed by atoms with Crippen LogP contribution < -0.4 is 10.1 Å². The molecule has 1 amide bonds. The van der Waals surface area contributed by atoms with Crippen LogP contribution >= 0.6 is 15.9 Å². The van der Waals surface area contributed by atoms with Crippen LogP contribution in [0.25, 0.3) is 0 Å². The summed E-state index contributed by atoms with van der Waals surface area (Å²) >= 11 is 3.32. The SMILES string of the molecule is O=C(NCC#CCOc1cccnc1)c1ccc(Br)cc1. The van der Waals surface area contributed by atoms with Crippen molar-refractivity contribution < 1.29 is 9.53 Å². The molecule has 0 saturated carbocycles. The summed E-state index contributed by atoms with van der Waals surface area (Å²) in [7, 11) is 0. The van der Waals surface area contributed by atoms with Gasteiger partial charge in [-0.25, -0.2) is 0 Å². The molecule has 0 bridgehead atoms. The number of rotatable bonds is 4. The Morgan fingerprint density at radius 3 is 2.76 bits per heavy atom. The van der Waals surface area contributed by atoms with Crippen molar-refractivity contribution in [2.24, 2.45) is 0 Å². The zero-order valence-corrected chi connectivity index (χ0v) is 12.8. The molecule has 5 heteroatoms. The molecule has 0 radical (unpaired) electrons. The molecule has 0 aliphatic rings. The van der Waals surface area contributed by atoms with Gasteiger partial charge in [0.15, 0.2) is 0 Å². The first-order valence-electron chi connectivity index (χ1n) is 6.28. The quantitative estimate of drug-likeness (QED) is 0.867. The van der Waals surface area contributed by atoms with Crippen LogP contribution in [0.2, 0.25) is 0 Å². The Balaban J connectivity index is 1.71. The van der Waals surface area contributed by atoms with Crippen molar-refractivity contribution in [3.63, 3.8) is 0 Å². The van der Waals surface area contributed by atoms with Gasteiger partial charge in [-0.1, -0.05) is 27.8 Å². The summed E-state index contributed by atoms with van der Waals surface area (Å²) in [4.78, 5) is 15.7. The van der Waals surface area contributed by atoms with E-state index < -0.39 is 0 Å². The predicted octanol–water partition coefficient (Wildman–Crippen LogP) is 2.66. The zero-order chi connectivity index (χ0) is 14.9. The molecular weight excluding hydrogens is 332 g/mol. The van der Waals surface area contributed by atoms with Crippen LogP contribution in [-0.4, -0.2) is 24.0 Å². The molecule has 0 fully saturated rings. The second-order valence-corrected chi connectivity index (χ2v) is 4.94. The molecule has 0 aliphatic carbocycles. The molecule has 1 aromatic heterocycles. The number of hydrogen-bond donors (Lipinski definition) is 1. The lowest BCUT2D eigenvalue weighted by molar-refractivity contribution is 0.0958. The fraction of sp³-hybridized carbons (Fsp3) is 0.125. The average molecular weight is 345 g/mol. The van der Waals surface area contributed by atoms with Gasteiger partial charge in [0, 0.05) is 16.2 Å². The molecule has 2 aromatic rings. The number of nitrogens with zero attached hydrogens (tertiary/aromatic N) is 1. The Hall–Kier alpha value is -2.32. The maximum absolute atomic E-state index is 11.8. The van der Waals surface area contributed by atoms with E-state index in [1.807, 2.05) is 18.2 Å². The Labute approximate surface area is 131 Å². The van der Waals surface area contributed by atoms with Crippen molar-refractivity contribution in [3.05, 3.63) is 58.8 Å². The Morgan fingerprint density at radius 1 is 1.24 bits per heavy atom. The smallest absolute Gasteiger partial charge is 0.252 e. The summed E-state index contributed by atoms with van der Waals surface area (Å²) < 4.78 is 6.29. The van der Waals surface area contributed by atoms with Crippen molar-refractivity contribution in [1.29, 1.82) is 0 Å². The first-order valence-corrected chi connectivity index (χ1v) is 7.07. The first-order chi connectivity index (χ1) is 10.3. The molecule has 0 unspecified atom stereocenters. The summed E-state index contributed by atoms with van der Waals surface area (Å²) in [5, 5.41) is 2.72. The molecule has 1 aromatic carbocycles. The van der Waals surface area contributed by atoms with Gasteiger partial charge in [0.1, 0.15) is 12.4 Å². The Morgan fingerprint density at radius 2 is 2.05 bits per heavy atom.